The van der Waals surface area contributed by atoms with Gasteiger partial charge in [0.25, 0.3) is 0 Å². The number of benzene rings is 9. The highest BCUT2D eigenvalue weighted by molar-refractivity contribution is 6.26. The zero-order valence-electron chi connectivity index (χ0n) is 41.0. The molecule has 9 aromatic carbocycles. The second-order valence-electron chi connectivity index (χ2n) is 13.2. The van der Waals surface area contributed by atoms with Crippen LogP contribution in [-0.2, 0) is 6.37 Å². The lowest BCUT2D eigenvalue weighted by Crippen LogP contribution is -1.99. The van der Waals surface area contributed by atoms with Gasteiger partial charge in [-0.15, -0.1) is 0 Å². The van der Waals surface area contributed by atoms with Crippen LogP contribution in [0, 0.1) is 0 Å². The monoisotopic (exact) mass is 687 g/mol. The van der Waals surface area contributed by atoms with E-state index in [0.717, 1.165) is 44.2 Å². The highest BCUT2D eigenvalue weighted by Crippen LogP contribution is 2.51. The van der Waals surface area contributed by atoms with Crippen molar-refractivity contribution in [3.8, 4) is 61.3 Å². The molecule has 0 saturated carbocycles. The summed E-state index contributed by atoms with van der Waals surface area (Å²) >= 11 is 0. The fraction of sp³-hybridized carbons (Fsp3) is 0.0392. The Hall–Kier alpha value is -6.77. The maximum atomic E-state index is 9.48. The smallest absolute Gasteiger partial charge is 0.114 e. The summed E-state index contributed by atoms with van der Waals surface area (Å²) in [7, 11) is 0. The molecule has 0 saturated heterocycles. The van der Waals surface area contributed by atoms with Crippen molar-refractivity contribution in [3.05, 3.63) is 182 Å². The molecular weight excluding hydrogens is 641 g/mol. The molecule has 1 aliphatic carbocycles. The van der Waals surface area contributed by atoms with E-state index < -0.39 is 37.4 Å². The number of rotatable bonds is 5. The van der Waals surface area contributed by atoms with E-state index in [1.54, 1.807) is 48.5 Å². The van der Waals surface area contributed by atoms with Gasteiger partial charge in [-0.25, -0.2) is 4.98 Å². The number of aryl methyl sites for hydroxylation is 1. The number of hydrogen-bond donors (Lipinski definition) is 0. The molecule has 248 valence electrons. The third-order valence-electron chi connectivity index (χ3n) is 10.5. The minimum atomic E-state index is -2.99. The Bertz CT molecular complexity index is 3630. The third-order valence-corrected chi connectivity index (χ3v) is 10.5. The Morgan fingerprint density at radius 1 is 0.509 bits per heavy atom. The first-order valence-electron chi connectivity index (χ1n) is 23.8. The lowest BCUT2D eigenvalue weighted by Gasteiger charge is -2.19. The molecule has 0 atom stereocenters. The first-order valence-corrected chi connectivity index (χ1v) is 17.3. The van der Waals surface area contributed by atoms with Crippen molar-refractivity contribution in [2.24, 2.45) is 0 Å². The van der Waals surface area contributed by atoms with Crippen LogP contribution in [0.25, 0.3) is 105 Å². The number of aromatic nitrogens is 2. The molecule has 2 nitrogen and oxygen atoms in total. The van der Waals surface area contributed by atoms with Gasteiger partial charge in [0.1, 0.15) is 5.82 Å². The summed E-state index contributed by atoms with van der Waals surface area (Å²) in [5.74, 6) is -0.249. The largest absolute Gasteiger partial charge is 0.296 e. The van der Waals surface area contributed by atoms with Crippen LogP contribution in [-0.4, -0.2) is 9.55 Å². The van der Waals surface area contributed by atoms with E-state index in [-0.39, 0.29) is 57.1 Å². The number of fused-ring (bicyclic) bond motifs is 6. The van der Waals surface area contributed by atoms with Gasteiger partial charge in [0.15, 0.2) is 0 Å². The summed E-state index contributed by atoms with van der Waals surface area (Å²) in [5, 5.41) is 2.25. The van der Waals surface area contributed by atoms with E-state index in [9.17, 15) is 5.48 Å². The molecule has 0 bridgehead atoms. The standard InChI is InChI=1S/C51H34N2/c1-2-48-52-46-20-9-10-21-47(46)53(48)35-28-26-33(27-29-35)32-22-24-34(25-23-32)49-39-14-5-7-16-41(39)51(42-17-8-6-15-40(42)49)45-31-30-44-37-13-4-3-12-36(37)38-18-11-19-43(45)50(38)44/h3-31H,2H2,1H3/i1D3,2D2,5D,6D,7D,8D,14D,15D,16D,17D. The maximum Gasteiger partial charge on any atom is 0.114 e. The Kier molecular flexibility index (Phi) is 4.33. The van der Waals surface area contributed by atoms with Crippen molar-refractivity contribution < 1.29 is 17.8 Å². The van der Waals surface area contributed by atoms with E-state index in [2.05, 4.69) is 17.1 Å². The SMILES string of the molecule is [2H]c1c([2H])c([2H])c2c(-c3ccc4c5c(cccc35)-c3ccccc3-4)c3c([2H])c([2H])c([2H])c([2H])c3c(-c3ccc(-c4ccc(-n5c(C([2H])([2H])C([2H])([2H])[2H])nc6ccccc65)cc4)cc3)c2c1[2H]. The average molecular weight is 688 g/mol. The minimum absolute atomic E-state index is 0.123. The molecule has 0 radical (unpaired) electrons. The zero-order chi connectivity index (χ0) is 46.3. The first-order chi connectivity index (χ1) is 31.5. The van der Waals surface area contributed by atoms with Crippen molar-refractivity contribution >= 4 is 43.4 Å². The maximum absolute atomic E-state index is 9.48. The average Bonchev–Trinajstić information content (AvgIpc) is 3.88. The molecule has 1 heterocycles. The molecule has 53 heavy (non-hydrogen) atoms. The zero-order valence-corrected chi connectivity index (χ0v) is 28.0. The van der Waals surface area contributed by atoms with Gasteiger partial charge in [-0.05, 0) is 112 Å². The summed E-state index contributed by atoms with van der Waals surface area (Å²) in [5.41, 5.74) is 8.65. The fourth-order valence-electron chi connectivity index (χ4n) is 8.21. The van der Waals surface area contributed by atoms with Gasteiger partial charge >= 0.3 is 0 Å². The second-order valence-corrected chi connectivity index (χ2v) is 13.2. The topological polar surface area (TPSA) is 17.8 Å². The van der Waals surface area contributed by atoms with Gasteiger partial charge in [-0.1, -0.05) is 158 Å². The van der Waals surface area contributed by atoms with Crippen molar-refractivity contribution in [2.75, 3.05) is 0 Å². The van der Waals surface area contributed by atoms with Crippen LogP contribution < -0.4 is 0 Å². The lowest BCUT2D eigenvalue weighted by atomic mass is 9.84. The Morgan fingerprint density at radius 2 is 1.06 bits per heavy atom. The second kappa shape index (κ2) is 11.6. The van der Waals surface area contributed by atoms with E-state index >= 15 is 0 Å². The van der Waals surface area contributed by atoms with Gasteiger partial charge in [-0.3, -0.25) is 4.57 Å². The van der Waals surface area contributed by atoms with E-state index in [0.29, 0.717) is 33.4 Å². The predicted octanol–water partition coefficient (Wildman–Crippen LogP) is 13.7. The summed E-state index contributed by atoms with van der Waals surface area (Å²) in [6.45, 7) is -2.99. The van der Waals surface area contributed by atoms with Gasteiger partial charge < -0.3 is 0 Å². The molecule has 10 aromatic rings. The molecule has 1 aromatic heterocycles. The quantitative estimate of drug-likeness (QED) is 0.165. The molecule has 0 unspecified atom stereocenters. The van der Waals surface area contributed by atoms with Crippen LogP contribution in [0.1, 0.15) is 30.5 Å². The van der Waals surface area contributed by atoms with Crippen LogP contribution in [0.5, 0.6) is 0 Å². The molecule has 2 heteroatoms. The molecule has 11 rings (SSSR count). The molecule has 0 fully saturated rings. The third kappa shape index (κ3) is 4.42. The highest BCUT2D eigenvalue weighted by Gasteiger charge is 2.24. The molecule has 0 N–H and O–H groups in total. The Labute approximate surface area is 326 Å². The van der Waals surface area contributed by atoms with Crippen LogP contribution >= 0.6 is 0 Å². The number of para-hydroxylation sites is 2. The van der Waals surface area contributed by atoms with Gasteiger partial charge in [0, 0.05) is 18.9 Å². The molecule has 0 spiro atoms. The number of nitrogens with zero attached hydrogens (tertiary/aromatic N) is 2. The minimum Gasteiger partial charge on any atom is -0.296 e. The van der Waals surface area contributed by atoms with E-state index in [1.807, 2.05) is 66.7 Å². The van der Waals surface area contributed by atoms with Crippen molar-refractivity contribution in [3.63, 3.8) is 0 Å². The Morgan fingerprint density at radius 3 is 1.74 bits per heavy atom. The van der Waals surface area contributed by atoms with Crippen LogP contribution in [0.15, 0.2) is 176 Å². The van der Waals surface area contributed by atoms with Crippen molar-refractivity contribution in [1.29, 1.82) is 0 Å². The summed E-state index contributed by atoms with van der Waals surface area (Å²) in [4.78, 5) is 4.42. The van der Waals surface area contributed by atoms with Crippen LogP contribution in [0.3, 0.4) is 0 Å². The molecule has 0 amide bonds. The van der Waals surface area contributed by atoms with Gasteiger partial charge in [-0.2, -0.15) is 0 Å². The van der Waals surface area contributed by atoms with Crippen LogP contribution in [0.2, 0.25) is 0 Å². The summed E-state index contributed by atoms with van der Waals surface area (Å²) in [6.07, 6.45) is -2.76. The first kappa shape index (κ1) is 19.7. The van der Waals surface area contributed by atoms with E-state index in [4.69, 9.17) is 12.3 Å². The highest BCUT2D eigenvalue weighted by atomic mass is 15.1. The van der Waals surface area contributed by atoms with Gasteiger partial charge in [0.05, 0.1) is 22.0 Å². The van der Waals surface area contributed by atoms with Crippen molar-refractivity contribution in [2.45, 2.75) is 13.2 Å². The number of imidazole rings is 1. The molecule has 1 aliphatic rings. The fourth-order valence-corrected chi connectivity index (χ4v) is 8.21. The molecule has 0 aliphatic heterocycles. The van der Waals surface area contributed by atoms with Gasteiger partial charge in [0.2, 0.25) is 0 Å². The van der Waals surface area contributed by atoms with Crippen LogP contribution in [0.4, 0.5) is 0 Å². The summed E-state index contributed by atoms with van der Waals surface area (Å²) in [6, 6.07) is 35.9. The number of hydrogen-bond acceptors (Lipinski definition) is 1. The summed E-state index contributed by atoms with van der Waals surface area (Å²) < 4.78 is 116. The Balaban J connectivity index is 1.13. The predicted molar refractivity (Wildman–Crippen MR) is 224 cm³/mol. The lowest BCUT2D eigenvalue weighted by molar-refractivity contribution is 0.908. The molecular formula is C51H34N2. The van der Waals surface area contributed by atoms with E-state index in [1.165, 1.54) is 4.57 Å². The van der Waals surface area contributed by atoms with Crippen molar-refractivity contribution in [1.82, 2.24) is 9.55 Å². The normalized spacial score (nSPS) is 16.0.